The number of halogens is 3. The number of anilines is 1. The van der Waals surface area contributed by atoms with E-state index in [0.29, 0.717) is 23.8 Å². The van der Waals surface area contributed by atoms with Gasteiger partial charge in [-0.05, 0) is 61.7 Å². The van der Waals surface area contributed by atoms with E-state index in [2.05, 4.69) is 20.2 Å². The van der Waals surface area contributed by atoms with Crippen LogP contribution in [0.25, 0.3) is 22.4 Å². The van der Waals surface area contributed by atoms with Crippen LogP contribution in [-0.2, 0) is 12.7 Å². The van der Waals surface area contributed by atoms with Crippen LogP contribution in [0.5, 0.6) is 5.75 Å². The molecule has 4 aromatic rings. The molecule has 1 saturated heterocycles. The SMILES string of the molecule is COc1ccc(-c2nc(C(=O)NCc3cccc(N4CCC(O)CC4)c3)c([C@H](C)N)o2)c2ccc(C(F)(F)F)nc12. The Kier molecular flexibility index (Phi) is 7.87. The quantitative estimate of drug-likeness (QED) is 0.289. The molecule has 5 rings (SSSR count). The fourth-order valence-corrected chi connectivity index (χ4v) is 4.87. The number of alkyl halides is 3. The summed E-state index contributed by atoms with van der Waals surface area (Å²) < 4.78 is 51.1. The van der Waals surface area contributed by atoms with Gasteiger partial charge in [-0.2, -0.15) is 13.2 Å². The lowest BCUT2D eigenvalue weighted by Gasteiger charge is -2.31. The van der Waals surface area contributed by atoms with Crippen molar-refractivity contribution in [2.24, 2.45) is 5.73 Å². The maximum absolute atomic E-state index is 13.3. The van der Waals surface area contributed by atoms with Gasteiger partial charge in [0.15, 0.2) is 11.5 Å². The van der Waals surface area contributed by atoms with Crippen molar-refractivity contribution in [2.45, 2.75) is 44.6 Å². The molecule has 1 aliphatic rings. The maximum atomic E-state index is 13.3. The van der Waals surface area contributed by atoms with Gasteiger partial charge in [0.25, 0.3) is 5.91 Å². The Morgan fingerprint density at radius 1 is 1.20 bits per heavy atom. The number of benzene rings is 2. The molecule has 0 bridgehead atoms. The number of aliphatic hydroxyl groups is 1. The number of methoxy groups -OCH3 is 1. The van der Waals surface area contributed by atoms with E-state index in [1.54, 1.807) is 13.0 Å². The summed E-state index contributed by atoms with van der Waals surface area (Å²) in [6.45, 7) is 3.37. The smallest absolute Gasteiger partial charge is 0.433 e. The number of hydrogen-bond acceptors (Lipinski definition) is 8. The number of fused-ring (bicyclic) bond motifs is 1. The molecule has 1 atom stereocenters. The number of aliphatic hydroxyl groups excluding tert-OH is 1. The molecule has 3 heterocycles. The first-order chi connectivity index (χ1) is 19.5. The molecule has 9 nitrogen and oxygen atoms in total. The van der Waals surface area contributed by atoms with Gasteiger partial charge >= 0.3 is 6.18 Å². The second kappa shape index (κ2) is 11.4. The Bertz CT molecular complexity index is 1560. The van der Waals surface area contributed by atoms with Crippen molar-refractivity contribution in [3.8, 4) is 17.2 Å². The Hall–Kier alpha value is -4.16. The first-order valence-corrected chi connectivity index (χ1v) is 13.2. The van der Waals surface area contributed by atoms with Gasteiger partial charge in [-0.3, -0.25) is 4.79 Å². The monoisotopic (exact) mass is 569 g/mol. The highest BCUT2D eigenvalue weighted by atomic mass is 19.4. The number of amides is 1. The number of carbonyl (C=O) groups excluding carboxylic acids is 1. The number of piperidine rings is 1. The van der Waals surface area contributed by atoms with E-state index in [4.69, 9.17) is 14.9 Å². The Morgan fingerprint density at radius 2 is 1.95 bits per heavy atom. The average molecular weight is 570 g/mol. The van der Waals surface area contributed by atoms with Gasteiger partial charge in [0.2, 0.25) is 5.89 Å². The first kappa shape index (κ1) is 28.4. The summed E-state index contributed by atoms with van der Waals surface area (Å²) in [7, 11) is 1.34. The predicted octanol–water partition coefficient (Wildman–Crippen LogP) is 4.83. The lowest BCUT2D eigenvalue weighted by atomic mass is 10.1. The molecule has 0 unspecified atom stereocenters. The van der Waals surface area contributed by atoms with E-state index in [9.17, 15) is 23.1 Å². The second-order valence-corrected chi connectivity index (χ2v) is 10.00. The zero-order valence-electron chi connectivity index (χ0n) is 22.5. The van der Waals surface area contributed by atoms with Crippen LogP contribution >= 0.6 is 0 Å². The van der Waals surface area contributed by atoms with E-state index in [1.165, 1.54) is 19.2 Å². The van der Waals surface area contributed by atoms with Gasteiger partial charge < -0.3 is 30.2 Å². The van der Waals surface area contributed by atoms with E-state index < -0.39 is 23.8 Å². The Balaban J connectivity index is 1.41. The molecular weight excluding hydrogens is 539 g/mol. The zero-order valence-corrected chi connectivity index (χ0v) is 22.5. The van der Waals surface area contributed by atoms with Crippen molar-refractivity contribution in [3.63, 3.8) is 0 Å². The third kappa shape index (κ3) is 5.98. The molecule has 4 N–H and O–H groups in total. The Labute approximate surface area is 234 Å². The lowest BCUT2D eigenvalue weighted by Crippen LogP contribution is -2.35. The molecule has 2 aromatic carbocycles. The molecule has 1 fully saturated rings. The Morgan fingerprint density at radius 3 is 2.63 bits per heavy atom. The summed E-state index contributed by atoms with van der Waals surface area (Å²) in [6.07, 6.45) is -3.50. The summed E-state index contributed by atoms with van der Waals surface area (Å²) in [4.78, 5) is 23.6. The number of hydrogen-bond donors (Lipinski definition) is 3. The van der Waals surface area contributed by atoms with Crippen LogP contribution in [0.3, 0.4) is 0 Å². The van der Waals surface area contributed by atoms with Crippen LogP contribution in [0.4, 0.5) is 18.9 Å². The van der Waals surface area contributed by atoms with Crippen LogP contribution in [-0.4, -0.2) is 47.3 Å². The van der Waals surface area contributed by atoms with Crippen molar-refractivity contribution >= 4 is 22.5 Å². The summed E-state index contributed by atoms with van der Waals surface area (Å²) in [5.41, 5.74) is 7.22. The van der Waals surface area contributed by atoms with E-state index >= 15 is 0 Å². The fourth-order valence-electron chi connectivity index (χ4n) is 4.87. The van der Waals surface area contributed by atoms with Crippen molar-refractivity contribution in [3.05, 3.63) is 71.2 Å². The van der Waals surface area contributed by atoms with E-state index in [-0.39, 0.29) is 41.3 Å². The number of nitrogens with two attached hydrogens (primary N) is 1. The van der Waals surface area contributed by atoms with Crippen LogP contribution in [0.1, 0.15) is 53.3 Å². The van der Waals surface area contributed by atoms with E-state index in [0.717, 1.165) is 30.4 Å². The molecular formula is C29H30F3N5O4. The van der Waals surface area contributed by atoms with Gasteiger partial charge in [0, 0.05) is 36.3 Å². The molecule has 1 amide bonds. The molecule has 2 aromatic heterocycles. The minimum Gasteiger partial charge on any atom is -0.494 e. The first-order valence-electron chi connectivity index (χ1n) is 13.2. The number of pyridine rings is 1. The number of oxazole rings is 1. The van der Waals surface area contributed by atoms with Gasteiger partial charge in [-0.1, -0.05) is 12.1 Å². The highest BCUT2D eigenvalue weighted by molar-refractivity contribution is 5.98. The van der Waals surface area contributed by atoms with Crippen molar-refractivity contribution < 1.29 is 32.2 Å². The van der Waals surface area contributed by atoms with Crippen molar-refractivity contribution in [1.29, 1.82) is 0 Å². The third-order valence-electron chi connectivity index (χ3n) is 7.04. The van der Waals surface area contributed by atoms with Crippen LogP contribution < -0.4 is 20.7 Å². The van der Waals surface area contributed by atoms with Gasteiger partial charge in [0.1, 0.15) is 17.0 Å². The molecule has 0 radical (unpaired) electrons. The molecule has 0 saturated carbocycles. The number of nitrogens with one attached hydrogen (secondary N) is 1. The molecule has 216 valence electrons. The summed E-state index contributed by atoms with van der Waals surface area (Å²) in [5.74, 6) is -0.197. The predicted molar refractivity (Wildman–Crippen MR) is 146 cm³/mol. The second-order valence-electron chi connectivity index (χ2n) is 10.00. The number of nitrogens with zero attached hydrogens (tertiary/aromatic N) is 3. The minimum atomic E-state index is -4.64. The topological polar surface area (TPSA) is 127 Å². The van der Waals surface area contributed by atoms with Gasteiger partial charge in [-0.25, -0.2) is 9.97 Å². The molecule has 0 spiro atoms. The highest BCUT2D eigenvalue weighted by Crippen LogP contribution is 2.37. The van der Waals surface area contributed by atoms with Crippen LogP contribution in [0.15, 0.2) is 52.9 Å². The summed E-state index contributed by atoms with van der Waals surface area (Å²) >= 11 is 0. The molecule has 1 aliphatic heterocycles. The van der Waals surface area contributed by atoms with Gasteiger partial charge in [0.05, 0.1) is 19.3 Å². The van der Waals surface area contributed by atoms with Crippen molar-refractivity contribution in [1.82, 2.24) is 15.3 Å². The molecule has 12 heteroatoms. The number of ether oxygens (including phenoxy) is 1. The number of carbonyl (C=O) groups is 1. The van der Waals surface area contributed by atoms with Crippen molar-refractivity contribution in [2.75, 3.05) is 25.1 Å². The number of aromatic nitrogens is 2. The number of rotatable bonds is 7. The largest absolute Gasteiger partial charge is 0.494 e. The van der Waals surface area contributed by atoms with Crippen LogP contribution in [0, 0.1) is 0 Å². The normalized spacial score (nSPS) is 15.2. The maximum Gasteiger partial charge on any atom is 0.433 e. The zero-order chi connectivity index (χ0) is 29.3. The van der Waals surface area contributed by atoms with E-state index in [1.807, 2.05) is 24.3 Å². The lowest BCUT2D eigenvalue weighted by molar-refractivity contribution is -0.140. The van der Waals surface area contributed by atoms with Crippen LogP contribution in [0.2, 0.25) is 0 Å². The fraction of sp³-hybridized carbons (Fsp3) is 0.345. The van der Waals surface area contributed by atoms with Gasteiger partial charge in [-0.15, -0.1) is 0 Å². The highest BCUT2D eigenvalue weighted by Gasteiger charge is 2.33. The standard InChI is InChI=1S/C29H30F3N5O4/c1-16(33)26-25(27(39)34-15-17-4-3-5-18(14-17)37-12-10-19(38)11-13-37)36-28(41-26)21-6-8-22(40-2)24-20(21)7-9-23(35-24)29(30,31)32/h3-9,14,16,19,38H,10-13,15,33H2,1-2H3,(H,34,39)/t16-/m0/s1. The third-order valence-corrected chi connectivity index (χ3v) is 7.04. The molecule has 0 aliphatic carbocycles. The molecule has 41 heavy (non-hydrogen) atoms. The minimum absolute atomic E-state index is 0.0139. The summed E-state index contributed by atoms with van der Waals surface area (Å²) in [5, 5.41) is 13.0. The summed E-state index contributed by atoms with van der Waals surface area (Å²) in [6, 6.07) is 12.3. The average Bonchev–Trinajstić information content (AvgIpc) is 3.41.